The molecule has 1 N–H and O–H groups in total. The molecule has 2 aromatic heterocycles. The molecule has 2 atom stereocenters. The van der Waals surface area contributed by atoms with Crippen molar-refractivity contribution in [2.24, 2.45) is 0 Å². The molecule has 0 aliphatic carbocycles. The lowest BCUT2D eigenvalue weighted by molar-refractivity contribution is -0.145. The van der Waals surface area contributed by atoms with Gasteiger partial charge in [0.1, 0.15) is 6.04 Å². The summed E-state index contributed by atoms with van der Waals surface area (Å²) in [5.41, 5.74) is 1.74. The highest BCUT2D eigenvalue weighted by Crippen LogP contribution is 2.18. The summed E-state index contributed by atoms with van der Waals surface area (Å²) in [5, 5.41) is 3.13. The summed E-state index contributed by atoms with van der Waals surface area (Å²) < 4.78 is 13.8. The molecule has 0 bridgehead atoms. The standard InChI is InChI=1S/C15H18BrN3O3.ClH/c1-2-21-15(20)13-6-11(7-17-13)22-9-10-8-19-5-3-4-12(16)14(19)18-10;/h3-5,8,11,13,17H,2,6-7,9H2,1H3;1H/t11-,13+;/m1./s1. The Labute approximate surface area is 149 Å². The molecule has 0 amide bonds. The van der Waals surface area contributed by atoms with E-state index in [-0.39, 0.29) is 30.5 Å². The third kappa shape index (κ3) is 4.23. The summed E-state index contributed by atoms with van der Waals surface area (Å²) in [6.45, 7) is 3.29. The molecule has 1 aliphatic rings. The SMILES string of the molecule is CCOC(=O)[C@@H]1C[C@@H](OCc2cn3cccc(Br)c3n2)CN1.Cl. The van der Waals surface area contributed by atoms with E-state index in [9.17, 15) is 4.79 Å². The Morgan fingerprint density at radius 3 is 3.13 bits per heavy atom. The van der Waals surface area contributed by atoms with Crippen molar-refractivity contribution in [2.75, 3.05) is 13.2 Å². The average Bonchev–Trinajstić information content (AvgIpc) is 3.12. The third-order valence-corrected chi connectivity index (χ3v) is 4.23. The highest BCUT2D eigenvalue weighted by molar-refractivity contribution is 9.10. The normalized spacial score (nSPS) is 20.4. The number of hydrogen-bond donors (Lipinski definition) is 1. The topological polar surface area (TPSA) is 64.9 Å². The van der Waals surface area contributed by atoms with E-state index in [0.29, 0.717) is 26.2 Å². The smallest absolute Gasteiger partial charge is 0.323 e. The molecule has 3 heterocycles. The second kappa shape index (κ2) is 8.10. The molecule has 0 spiro atoms. The Kier molecular flexibility index (Phi) is 6.41. The number of rotatable bonds is 5. The van der Waals surface area contributed by atoms with Crippen LogP contribution in [0.15, 0.2) is 29.0 Å². The minimum absolute atomic E-state index is 0. The van der Waals surface area contributed by atoms with Gasteiger partial charge in [-0.25, -0.2) is 4.98 Å². The molecule has 1 aliphatic heterocycles. The highest BCUT2D eigenvalue weighted by Gasteiger charge is 2.31. The number of halogens is 2. The number of pyridine rings is 1. The van der Waals surface area contributed by atoms with Gasteiger partial charge in [0.05, 0.1) is 29.5 Å². The van der Waals surface area contributed by atoms with Gasteiger partial charge in [-0.2, -0.15) is 0 Å². The number of carbonyl (C=O) groups is 1. The van der Waals surface area contributed by atoms with Crippen molar-refractivity contribution in [1.82, 2.24) is 14.7 Å². The predicted octanol–water partition coefficient (Wildman–Crippen LogP) is 2.33. The van der Waals surface area contributed by atoms with Crippen LogP contribution in [0, 0.1) is 0 Å². The number of nitrogens with zero attached hydrogens (tertiary/aromatic N) is 2. The number of hydrogen-bond acceptors (Lipinski definition) is 5. The molecule has 0 radical (unpaired) electrons. The van der Waals surface area contributed by atoms with Crippen LogP contribution < -0.4 is 5.32 Å². The Balaban J connectivity index is 0.00000192. The molecule has 0 saturated carbocycles. The van der Waals surface area contributed by atoms with Gasteiger partial charge in [0.25, 0.3) is 0 Å². The fourth-order valence-electron chi connectivity index (χ4n) is 2.55. The first-order chi connectivity index (χ1) is 10.7. The number of fused-ring (bicyclic) bond motifs is 1. The number of ether oxygens (including phenoxy) is 2. The van der Waals surface area contributed by atoms with E-state index in [1.54, 1.807) is 0 Å². The maximum Gasteiger partial charge on any atom is 0.323 e. The molecule has 8 heteroatoms. The molecule has 0 unspecified atom stereocenters. The zero-order chi connectivity index (χ0) is 15.5. The molecule has 0 aromatic carbocycles. The molecule has 126 valence electrons. The average molecular weight is 405 g/mol. The second-order valence-corrected chi connectivity index (χ2v) is 6.06. The number of aromatic nitrogens is 2. The Morgan fingerprint density at radius 2 is 2.39 bits per heavy atom. The van der Waals surface area contributed by atoms with Gasteiger partial charge in [0.15, 0.2) is 5.65 Å². The van der Waals surface area contributed by atoms with E-state index in [0.717, 1.165) is 15.8 Å². The minimum Gasteiger partial charge on any atom is -0.465 e. The molecule has 3 rings (SSSR count). The lowest BCUT2D eigenvalue weighted by Crippen LogP contribution is -2.32. The van der Waals surface area contributed by atoms with Gasteiger partial charge in [-0.1, -0.05) is 0 Å². The first-order valence-electron chi connectivity index (χ1n) is 7.31. The molecular weight excluding hydrogens is 386 g/mol. The predicted molar refractivity (Wildman–Crippen MR) is 91.8 cm³/mol. The molecule has 2 aromatic rings. The third-order valence-electron chi connectivity index (χ3n) is 3.61. The summed E-state index contributed by atoms with van der Waals surface area (Å²) in [4.78, 5) is 16.2. The first-order valence-corrected chi connectivity index (χ1v) is 8.10. The Bertz CT molecular complexity index is 679. The quantitative estimate of drug-likeness (QED) is 0.775. The van der Waals surface area contributed by atoms with E-state index in [2.05, 4.69) is 26.2 Å². The fraction of sp³-hybridized carbons (Fsp3) is 0.467. The molecule has 6 nitrogen and oxygen atoms in total. The number of imidazole rings is 1. The summed E-state index contributed by atoms with van der Waals surface area (Å²) in [5.74, 6) is -0.203. The molecule has 23 heavy (non-hydrogen) atoms. The van der Waals surface area contributed by atoms with E-state index < -0.39 is 0 Å². The summed E-state index contributed by atoms with van der Waals surface area (Å²) >= 11 is 3.48. The summed E-state index contributed by atoms with van der Waals surface area (Å²) in [7, 11) is 0. The van der Waals surface area contributed by atoms with Crippen molar-refractivity contribution in [2.45, 2.75) is 32.1 Å². The highest BCUT2D eigenvalue weighted by atomic mass is 79.9. The lowest BCUT2D eigenvalue weighted by Gasteiger charge is -2.10. The second-order valence-electron chi connectivity index (χ2n) is 5.20. The molecule has 1 fully saturated rings. The monoisotopic (exact) mass is 403 g/mol. The Morgan fingerprint density at radius 1 is 1.57 bits per heavy atom. The van der Waals surface area contributed by atoms with Gasteiger partial charge in [-0.05, 0) is 35.0 Å². The van der Waals surface area contributed by atoms with Crippen molar-refractivity contribution >= 4 is 40.0 Å². The van der Waals surface area contributed by atoms with Crippen molar-refractivity contribution < 1.29 is 14.3 Å². The van der Waals surface area contributed by atoms with E-state index in [1.165, 1.54) is 0 Å². The van der Waals surface area contributed by atoms with Crippen LogP contribution in [-0.2, 0) is 20.9 Å². The van der Waals surface area contributed by atoms with Crippen LogP contribution in [0.3, 0.4) is 0 Å². The van der Waals surface area contributed by atoms with Gasteiger partial charge in [0.2, 0.25) is 0 Å². The molecular formula is C15H19BrClN3O3. The summed E-state index contributed by atoms with van der Waals surface area (Å²) in [6, 6.07) is 3.65. The van der Waals surface area contributed by atoms with Crippen LogP contribution >= 0.6 is 28.3 Å². The van der Waals surface area contributed by atoms with Crippen LogP contribution in [0.1, 0.15) is 19.0 Å². The van der Waals surface area contributed by atoms with Gasteiger partial charge in [0, 0.05) is 25.4 Å². The van der Waals surface area contributed by atoms with Crippen LogP contribution in [-0.4, -0.2) is 40.7 Å². The van der Waals surface area contributed by atoms with E-state index in [1.807, 2.05) is 35.9 Å². The van der Waals surface area contributed by atoms with E-state index in [4.69, 9.17) is 9.47 Å². The minimum atomic E-state index is -0.264. The number of esters is 1. The zero-order valence-corrected chi connectivity index (χ0v) is 15.1. The van der Waals surface area contributed by atoms with Gasteiger partial charge < -0.3 is 19.2 Å². The summed E-state index contributed by atoms with van der Waals surface area (Å²) in [6.07, 6.45) is 4.54. The number of carbonyl (C=O) groups excluding carboxylic acids is 1. The maximum atomic E-state index is 11.7. The van der Waals surface area contributed by atoms with Crippen molar-refractivity contribution in [3.63, 3.8) is 0 Å². The first kappa shape index (κ1) is 18.2. The Hall–Kier alpha value is -1.15. The molecule has 1 saturated heterocycles. The van der Waals surface area contributed by atoms with Crippen molar-refractivity contribution in [3.05, 3.63) is 34.7 Å². The van der Waals surface area contributed by atoms with Crippen molar-refractivity contribution in [3.8, 4) is 0 Å². The van der Waals surface area contributed by atoms with Crippen LogP contribution in [0.5, 0.6) is 0 Å². The maximum absolute atomic E-state index is 11.7. The largest absolute Gasteiger partial charge is 0.465 e. The lowest BCUT2D eigenvalue weighted by atomic mass is 10.2. The number of nitrogens with one attached hydrogen (secondary N) is 1. The fourth-order valence-corrected chi connectivity index (χ4v) is 3.00. The van der Waals surface area contributed by atoms with Gasteiger partial charge >= 0.3 is 5.97 Å². The van der Waals surface area contributed by atoms with Gasteiger partial charge in [-0.15, -0.1) is 12.4 Å². The zero-order valence-electron chi connectivity index (χ0n) is 12.7. The van der Waals surface area contributed by atoms with E-state index >= 15 is 0 Å². The van der Waals surface area contributed by atoms with Crippen LogP contribution in [0.25, 0.3) is 5.65 Å². The van der Waals surface area contributed by atoms with Gasteiger partial charge in [-0.3, -0.25) is 4.79 Å². The van der Waals surface area contributed by atoms with Crippen LogP contribution in [0.2, 0.25) is 0 Å². The van der Waals surface area contributed by atoms with Crippen LogP contribution in [0.4, 0.5) is 0 Å². The van der Waals surface area contributed by atoms with Crippen molar-refractivity contribution in [1.29, 1.82) is 0 Å².